The van der Waals surface area contributed by atoms with Crippen LogP contribution in [0.1, 0.15) is 34.3 Å². The fourth-order valence-corrected chi connectivity index (χ4v) is 3.01. The van der Waals surface area contributed by atoms with Crippen LogP contribution in [-0.4, -0.2) is 33.6 Å². The average molecular weight is 376 g/mol. The van der Waals surface area contributed by atoms with E-state index in [-0.39, 0.29) is 24.7 Å². The second-order valence-corrected chi connectivity index (χ2v) is 6.22. The first-order valence-corrected chi connectivity index (χ1v) is 8.34. The lowest BCUT2D eigenvalue weighted by molar-refractivity contribution is -0.134. The van der Waals surface area contributed by atoms with Crippen molar-refractivity contribution in [2.75, 3.05) is 6.54 Å². The third kappa shape index (κ3) is 3.57. The number of carbonyl (C=O) groups excluding carboxylic acids is 1. The molecule has 0 aliphatic carbocycles. The Morgan fingerprint density at radius 2 is 2.07 bits per heavy atom. The number of rotatable bonds is 3. The molecule has 2 N–H and O–H groups in total. The first kappa shape index (κ1) is 17.3. The van der Waals surface area contributed by atoms with Crippen LogP contribution in [0.4, 0.5) is 13.2 Å². The maximum atomic E-state index is 12.4. The Morgan fingerprint density at radius 3 is 2.89 bits per heavy atom. The number of aromatic nitrogens is 3. The van der Waals surface area contributed by atoms with Gasteiger partial charge in [-0.15, -0.1) is 0 Å². The predicted molar refractivity (Wildman–Crippen MR) is 90.4 cm³/mol. The lowest BCUT2D eigenvalue weighted by atomic mass is 10.1. The van der Waals surface area contributed by atoms with E-state index in [4.69, 9.17) is 4.74 Å². The zero-order valence-electron chi connectivity index (χ0n) is 14.0. The number of hydrogen-bond acceptors (Lipinski definition) is 4. The molecule has 0 radical (unpaired) electrons. The summed E-state index contributed by atoms with van der Waals surface area (Å²) in [4.78, 5) is 23.3. The van der Waals surface area contributed by atoms with Crippen molar-refractivity contribution in [3.05, 3.63) is 53.6 Å². The number of hydrogen-bond donors (Lipinski definition) is 2. The van der Waals surface area contributed by atoms with Crippen molar-refractivity contribution in [1.29, 1.82) is 0 Å². The zero-order valence-corrected chi connectivity index (χ0v) is 14.0. The summed E-state index contributed by atoms with van der Waals surface area (Å²) < 4.78 is 43.1. The van der Waals surface area contributed by atoms with Crippen LogP contribution < -0.4 is 10.1 Å². The summed E-state index contributed by atoms with van der Waals surface area (Å²) in [6.45, 7) is 0.246. The smallest absolute Gasteiger partial charge is 0.389 e. The maximum absolute atomic E-state index is 12.4. The van der Waals surface area contributed by atoms with E-state index in [0.717, 1.165) is 5.56 Å². The van der Waals surface area contributed by atoms with Crippen LogP contribution in [0.25, 0.3) is 11.0 Å². The number of para-hydroxylation sites is 1. The highest BCUT2D eigenvalue weighted by atomic mass is 19.4. The third-order valence-electron chi connectivity index (χ3n) is 4.34. The molecule has 0 bridgehead atoms. The van der Waals surface area contributed by atoms with E-state index in [2.05, 4.69) is 20.3 Å². The van der Waals surface area contributed by atoms with E-state index < -0.39 is 18.7 Å². The van der Waals surface area contributed by atoms with Crippen LogP contribution in [0.2, 0.25) is 0 Å². The van der Waals surface area contributed by atoms with E-state index >= 15 is 0 Å². The first-order valence-electron chi connectivity index (χ1n) is 8.34. The zero-order chi connectivity index (χ0) is 19.0. The first-order chi connectivity index (χ1) is 12.9. The van der Waals surface area contributed by atoms with Crippen LogP contribution in [0, 0.1) is 0 Å². The number of benzene rings is 1. The highest BCUT2D eigenvalue weighted by Gasteiger charge is 2.28. The minimum absolute atomic E-state index is 0.119. The highest BCUT2D eigenvalue weighted by Crippen LogP contribution is 2.31. The molecule has 1 amide bonds. The van der Waals surface area contributed by atoms with Crippen molar-refractivity contribution in [3.8, 4) is 5.75 Å². The lowest BCUT2D eigenvalue weighted by Gasteiger charge is -2.16. The molecule has 4 rings (SSSR count). The molecule has 0 saturated carbocycles. The van der Waals surface area contributed by atoms with Crippen molar-refractivity contribution in [2.24, 2.45) is 0 Å². The Hall–Kier alpha value is -3.10. The number of halogens is 3. The molecule has 3 aromatic rings. The van der Waals surface area contributed by atoms with E-state index in [1.165, 1.54) is 6.20 Å². The van der Waals surface area contributed by atoms with Crippen LogP contribution >= 0.6 is 0 Å². The molecule has 6 nitrogen and oxygen atoms in total. The van der Waals surface area contributed by atoms with Gasteiger partial charge in [0.15, 0.2) is 0 Å². The number of alkyl halides is 3. The van der Waals surface area contributed by atoms with Crippen LogP contribution in [0.5, 0.6) is 5.75 Å². The summed E-state index contributed by atoms with van der Waals surface area (Å²) >= 11 is 0. The number of aryl methyl sites for hydroxylation is 1. The van der Waals surface area contributed by atoms with E-state index in [9.17, 15) is 18.0 Å². The molecular weight excluding hydrogens is 361 g/mol. The summed E-state index contributed by atoms with van der Waals surface area (Å²) in [5.41, 5.74) is 1.61. The van der Waals surface area contributed by atoms with Gasteiger partial charge in [0.2, 0.25) is 0 Å². The number of carbonyl (C=O) groups is 1. The molecule has 9 heteroatoms. The van der Waals surface area contributed by atoms with Gasteiger partial charge in [0, 0.05) is 29.8 Å². The fraction of sp³-hybridized carbons (Fsp3) is 0.278. The molecule has 1 aromatic carbocycles. The largest absolute Gasteiger partial charge is 0.483 e. The minimum Gasteiger partial charge on any atom is -0.483 e. The molecule has 1 aliphatic rings. The second-order valence-electron chi connectivity index (χ2n) is 6.22. The highest BCUT2D eigenvalue weighted by molar-refractivity contribution is 5.97. The second kappa shape index (κ2) is 6.57. The van der Waals surface area contributed by atoms with Crippen molar-refractivity contribution < 1.29 is 22.7 Å². The van der Waals surface area contributed by atoms with Gasteiger partial charge in [-0.3, -0.25) is 4.79 Å². The van der Waals surface area contributed by atoms with Gasteiger partial charge in [-0.05, 0) is 12.1 Å². The van der Waals surface area contributed by atoms with Gasteiger partial charge in [0.05, 0.1) is 18.5 Å². The Kier molecular flexibility index (Phi) is 4.21. The van der Waals surface area contributed by atoms with Gasteiger partial charge in [-0.2, -0.15) is 13.2 Å². The van der Waals surface area contributed by atoms with Crippen LogP contribution in [0.15, 0.2) is 36.7 Å². The number of ether oxygens (including phenoxy) is 1. The molecule has 0 spiro atoms. The Morgan fingerprint density at radius 1 is 1.26 bits per heavy atom. The quantitative estimate of drug-likeness (QED) is 0.735. The van der Waals surface area contributed by atoms with E-state index in [1.54, 1.807) is 30.5 Å². The molecule has 1 aliphatic heterocycles. The fourth-order valence-electron chi connectivity index (χ4n) is 3.01. The molecule has 140 valence electrons. The van der Waals surface area contributed by atoms with Crippen LogP contribution in [-0.2, 0) is 6.42 Å². The molecule has 0 saturated heterocycles. The monoisotopic (exact) mass is 376 g/mol. The number of nitrogens with one attached hydrogen (secondary N) is 2. The number of nitrogens with zero attached hydrogens (tertiary/aromatic N) is 2. The van der Waals surface area contributed by atoms with Crippen molar-refractivity contribution in [1.82, 2.24) is 20.3 Å². The van der Waals surface area contributed by atoms with Gasteiger partial charge < -0.3 is 15.0 Å². The summed E-state index contributed by atoms with van der Waals surface area (Å²) in [7, 11) is 0. The standard InChI is InChI=1S/C18H15F3N4O2/c19-18(20,21)6-5-15-22-8-12-11(7-23-16(12)25-15)14-9-24-17(26)10-3-1-2-4-13(10)27-14/h1-4,7-8,14H,5-6,9H2,(H,24,26)(H,22,23,25). The number of H-pyrrole nitrogens is 1. The number of aromatic amines is 1. The van der Waals surface area contributed by atoms with Gasteiger partial charge in [-0.25, -0.2) is 9.97 Å². The van der Waals surface area contributed by atoms with Crippen molar-refractivity contribution >= 4 is 16.9 Å². The Balaban J connectivity index is 1.62. The lowest BCUT2D eigenvalue weighted by Crippen LogP contribution is -2.26. The summed E-state index contributed by atoms with van der Waals surface area (Å²) in [6.07, 6.45) is -2.81. The molecule has 1 unspecified atom stereocenters. The Labute approximate surface area is 151 Å². The predicted octanol–water partition coefficient (Wildman–Crippen LogP) is 3.32. The van der Waals surface area contributed by atoms with E-state index in [1.807, 2.05) is 0 Å². The SMILES string of the molecule is O=C1NCC(c2c[nH]c3nc(CCC(F)(F)F)ncc23)Oc2ccccc21. The average Bonchev–Trinajstić information content (AvgIpc) is 2.98. The molecule has 2 aromatic heterocycles. The molecular formula is C18H15F3N4O2. The topological polar surface area (TPSA) is 79.9 Å². The van der Waals surface area contributed by atoms with E-state index in [0.29, 0.717) is 22.3 Å². The van der Waals surface area contributed by atoms with Gasteiger partial charge in [-0.1, -0.05) is 12.1 Å². The van der Waals surface area contributed by atoms with Crippen molar-refractivity contribution in [3.63, 3.8) is 0 Å². The normalized spacial score (nSPS) is 17.1. The third-order valence-corrected chi connectivity index (χ3v) is 4.34. The molecule has 0 fully saturated rings. The minimum atomic E-state index is -4.25. The summed E-state index contributed by atoms with van der Waals surface area (Å²) in [6, 6.07) is 6.93. The van der Waals surface area contributed by atoms with Crippen molar-refractivity contribution in [2.45, 2.75) is 25.1 Å². The Bertz CT molecular complexity index is 1000. The van der Waals surface area contributed by atoms with Gasteiger partial charge in [0.1, 0.15) is 23.3 Å². The van der Waals surface area contributed by atoms with Gasteiger partial charge >= 0.3 is 6.18 Å². The molecule has 3 heterocycles. The van der Waals surface area contributed by atoms with Gasteiger partial charge in [0.25, 0.3) is 5.91 Å². The summed E-state index contributed by atoms with van der Waals surface area (Å²) in [5, 5.41) is 3.45. The van der Waals surface area contributed by atoms with Crippen LogP contribution in [0.3, 0.4) is 0 Å². The maximum Gasteiger partial charge on any atom is 0.389 e. The number of fused-ring (bicyclic) bond motifs is 2. The summed E-state index contributed by atoms with van der Waals surface area (Å²) in [5.74, 6) is 0.363. The number of amides is 1. The molecule has 27 heavy (non-hydrogen) atoms. The molecule has 1 atom stereocenters.